The number of fused-ring (bicyclic) bond motifs is 1. The second-order valence-electron chi connectivity index (χ2n) is 3.06. The molecule has 1 heterocycles. The second kappa shape index (κ2) is 2.94. The first-order chi connectivity index (χ1) is 5.86. The van der Waals surface area contributed by atoms with Crippen LogP contribution in [0.1, 0.15) is 18.1 Å². The Morgan fingerprint density at radius 3 is 3.00 bits per heavy atom. The van der Waals surface area contributed by atoms with Gasteiger partial charge in [0.1, 0.15) is 0 Å². The van der Waals surface area contributed by atoms with Crippen molar-refractivity contribution >= 4 is 11.8 Å². The molecule has 12 heavy (non-hydrogen) atoms. The molecule has 1 aromatic rings. The molecule has 0 saturated carbocycles. The van der Waals surface area contributed by atoms with E-state index in [0.717, 1.165) is 6.42 Å². The minimum absolute atomic E-state index is 0.975. The molecule has 2 rings (SSSR count). The summed E-state index contributed by atoms with van der Waals surface area (Å²) in [5, 5.41) is 0. The molecule has 1 nitrogen and oxygen atoms in total. The van der Waals surface area contributed by atoms with E-state index in [0.29, 0.717) is 0 Å². The summed E-state index contributed by atoms with van der Waals surface area (Å²) in [4.78, 5) is 4.27. The fraction of sp³-hybridized carbons (Fsp3) is 0.182. The molecule has 0 atom stereocenters. The van der Waals surface area contributed by atoms with Gasteiger partial charge in [-0.3, -0.25) is 4.99 Å². The Balaban J connectivity index is 2.49. The molecule has 0 bridgehead atoms. The maximum Gasteiger partial charge on any atom is 0.0273 e. The molecule has 0 aliphatic carbocycles. The normalized spacial score (nSPS) is 14.9. The Labute approximate surface area is 72.5 Å². The van der Waals surface area contributed by atoms with Gasteiger partial charge in [-0.15, -0.1) is 0 Å². The van der Waals surface area contributed by atoms with Gasteiger partial charge in [0.05, 0.1) is 0 Å². The van der Waals surface area contributed by atoms with E-state index in [1.807, 2.05) is 6.20 Å². The van der Waals surface area contributed by atoms with E-state index < -0.39 is 0 Å². The maximum absolute atomic E-state index is 4.27. The van der Waals surface area contributed by atoms with Gasteiger partial charge in [-0.2, -0.15) is 0 Å². The smallest absolute Gasteiger partial charge is 0.0273 e. The summed E-state index contributed by atoms with van der Waals surface area (Å²) in [6, 6.07) is 8.42. The first-order valence-corrected chi connectivity index (χ1v) is 4.14. The highest BCUT2D eigenvalue weighted by atomic mass is 14.7. The number of aliphatic imine (C=N–C) groups is 1. The van der Waals surface area contributed by atoms with Crippen molar-refractivity contribution in [1.82, 2.24) is 0 Å². The molecule has 0 fully saturated rings. The largest absolute Gasteiger partial charge is 0.266 e. The van der Waals surface area contributed by atoms with Crippen molar-refractivity contribution in [1.29, 1.82) is 0 Å². The molecule has 0 saturated heterocycles. The third-order valence-corrected chi connectivity index (χ3v) is 2.05. The van der Waals surface area contributed by atoms with Crippen LogP contribution >= 0.6 is 0 Å². The van der Waals surface area contributed by atoms with Crippen LogP contribution in [0.25, 0.3) is 6.08 Å². The van der Waals surface area contributed by atoms with E-state index in [1.54, 1.807) is 0 Å². The van der Waals surface area contributed by atoms with E-state index in [-0.39, 0.29) is 0 Å². The average molecular weight is 157 g/mol. The minimum atomic E-state index is 0.975. The SMILES string of the molecule is CC1=NC=Cc2ccccc2C1. The third kappa shape index (κ3) is 1.30. The number of hydrogen-bond donors (Lipinski definition) is 0. The first kappa shape index (κ1) is 7.29. The van der Waals surface area contributed by atoms with Gasteiger partial charge in [-0.25, -0.2) is 0 Å². The number of rotatable bonds is 0. The van der Waals surface area contributed by atoms with Crippen molar-refractivity contribution in [3.63, 3.8) is 0 Å². The summed E-state index contributed by atoms with van der Waals surface area (Å²) in [5.41, 5.74) is 3.84. The lowest BCUT2D eigenvalue weighted by molar-refractivity contribution is 1.30. The molecule has 1 aromatic carbocycles. The fourth-order valence-electron chi connectivity index (χ4n) is 1.42. The van der Waals surface area contributed by atoms with Gasteiger partial charge < -0.3 is 0 Å². The fourth-order valence-corrected chi connectivity index (χ4v) is 1.42. The summed E-state index contributed by atoms with van der Waals surface area (Å²) < 4.78 is 0. The lowest BCUT2D eigenvalue weighted by Gasteiger charge is -2.01. The Bertz CT molecular complexity index is 348. The monoisotopic (exact) mass is 157 g/mol. The molecular formula is C11H11N. The molecule has 1 aliphatic rings. The molecule has 0 amide bonds. The Kier molecular flexibility index (Phi) is 1.78. The summed E-state index contributed by atoms with van der Waals surface area (Å²) in [5.74, 6) is 0. The molecule has 0 unspecified atom stereocenters. The molecular weight excluding hydrogens is 146 g/mol. The van der Waals surface area contributed by atoms with Gasteiger partial charge >= 0.3 is 0 Å². The zero-order chi connectivity index (χ0) is 8.39. The highest BCUT2D eigenvalue weighted by molar-refractivity contribution is 5.87. The van der Waals surface area contributed by atoms with Gasteiger partial charge in [-0.1, -0.05) is 24.3 Å². The highest BCUT2D eigenvalue weighted by Crippen LogP contribution is 2.14. The van der Waals surface area contributed by atoms with Gasteiger partial charge in [0.2, 0.25) is 0 Å². The average Bonchev–Trinajstić information content (AvgIpc) is 2.25. The van der Waals surface area contributed by atoms with Crippen LogP contribution in [0.2, 0.25) is 0 Å². The molecule has 0 radical (unpaired) electrons. The Morgan fingerprint density at radius 2 is 2.08 bits per heavy atom. The summed E-state index contributed by atoms with van der Waals surface area (Å²) >= 11 is 0. The lowest BCUT2D eigenvalue weighted by atomic mass is 10.0. The van der Waals surface area contributed by atoms with E-state index in [9.17, 15) is 0 Å². The van der Waals surface area contributed by atoms with Crippen LogP contribution in [0, 0.1) is 0 Å². The van der Waals surface area contributed by atoms with Crippen molar-refractivity contribution in [2.24, 2.45) is 4.99 Å². The van der Waals surface area contributed by atoms with Crippen LogP contribution in [0.4, 0.5) is 0 Å². The molecule has 0 aromatic heterocycles. The molecule has 0 N–H and O–H groups in total. The van der Waals surface area contributed by atoms with Gasteiger partial charge in [0.15, 0.2) is 0 Å². The van der Waals surface area contributed by atoms with E-state index in [2.05, 4.69) is 42.3 Å². The van der Waals surface area contributed by atoms with Crippen molar-refractivity contribution < 1.29 is 0 Å². The number of nitrogens with zero attached hydrogens (tertiary/aromatic N) is 1. The Hall–Kier alpha value is -1.37. The lowest BCUT2D eigenvalue weighted by Crippen LogP contribution is -1.96. The summed E-state index contributed by atoms with van der Waals surface area (Å²) in [6.45, 7) is 2.06. The van der Waals surface area contributed by atoms with Crippen LogP contribution in [-0.4, -0.2) is 5.71 Å². The van der Waals surface area contributed by atoms with Crippen LogP contribution in [0.5, 0.6) is 0 Å². The minimum Gasteiger partial charge on any atom is -0.266 e. The zero-order valence-corrected chi connectivity index (χ0v) is 7.12. The van der Waals surface area contributed by atoms with Crippen molar-refractivity contribution in [3.8, 4) is 0 Å². The van der Waals surface area contributed by atoms with Crippen LogP contribution in [0.3, 0.4) is 0 Å². The van der Waals surface area contributed by atoms with Crippen molar-refractivity contribution in [3.05, 3.63) is 41.6 Å². The molecule has 60 valence electrons. The van der Waals surface area contributed by atoms with Crippen LogP contribution in [0.15, 0.2) is 35.5 Å². The van der Waals surface area contributed by atoms with Gasteiger partial charge in [-0.05, 0) is 24.1 Å². The van der Waals surface area contributed by atoms with E-state index >= 15 is 0 Å². The number of hydrogen-bond acceptors (Lipinski definition) is 1. The van der Waals surface area contributed by atoms with Crippen molar-refractivity contribution in [2.45, 2.75) is 13.3 Å². The third-order valence-electron chi connectivity index (χ3n) is 2.05. The maximum atomic E-state index is 4.27. The summed E-state index contributed by atoms with van der Waals surface area (Å²) in [7, 11) is 0. The van der Waals surface area contributed by atoms with E-state index in [1.165, 1.54) is 16.8 Å². The predicted octanol–water partition coefficient (Wildman–Crippen LogP) is 2.67. The Morgan fingerprint density at radius 1 is 1.25 bits per heavy atom. The quantitative estimate of drug-likeness (QED) is 0.549. The topological polar surface area (TPSA) is 12.4 Å². The predicted molar refractivity (Wildman–Crippen MR) is 52.3 cm³/mol. The van der Waals surface area contributed by atoms with Gasteiger partial charge in [0.25, 0.3) is 0 Å². The van der Waals surface area contributed by atoms with Crippen molar-refractivity contribution in [2.75, 3.05) is 0 Å². The van der Waals surface area contributed by atoms with E-state index in [4.69, 9.17) is 0 Å². The van der Waals surface area contributed by atoms with Crippen LogP contribution in [-0.2, 0) is 6.42 Å². The van der Waals surface area contributed by atoms with Gasteiger partial charge in [0, 0.05) is 18.3 Å². The zero-order valence-electron chi connectivity index (χ0n) is 7.12. The van der Waals surface area contributed by atoms with Crippen LogP contribution < -0.4 is 0 Å². The first-order valence-electron chi connectivity index (χ1n) is 4.14. The molecule has 1 aliphatic heterocycles. The molecule has 1 heteroatoms. The molecule has 0 spiro atoms. The number of benzene rings is 1. The summed E-state index contributed by atoms with van der Waals surface area (Å²) in [6.07, 6.45) is 4.91. The highest BCUT2D eigenvalue weighted by Gasteiger charge is 2.02. The second-order valence-corrected chi connectivity index (χ2v) is 3.06. The standard InChI is InChI=1S/C11H11N/c1-9-8-11-5-3-2-4-10(11)6-7-12-9/h2-7H,8H2,1H3.